The Kier molecular flexibility index (Phi) is 15.3. The molecule has 1 amide bonds. The maximum absolute atomic E-state index is 12.4. The van der Waals surface area contributed by atoms with Crippen LogP contribution in [0.3, 0.4) is 0 Å². The fraction of sp³-hybridized carbons (Fsp3) is 0.296. The maximum Gasteiger partial charge on any atom is 0.267 e. The molecular weight excluding hydrogens is 563 g/mol. The number of anilines is 2. The van der Waals surface area contributed by atoms with Crippen LogP contribution in [0.15, 0.2) is 77.9 Å². The molecule has 0 fully saturated rings. The van der Waals surface area contributed by atoms with Gasteiger partial charge in [-0.3, -0.25) is 9.59 Å². The topological polar surface area (TPSA) is 138 Å². The molecule has 11 heteroatoms. The van der Waals surface area contributed by atoms with E-state index < -0.39 is 0 Å². The van der Waals surface area contributed by atoms with E-state index in [-0.39, 0.29) is 69.8 Å². The number of hydrogen-bond donors (Lipinski definition) is 5. The zero-order chi connectivity index (χ0) is 27.2. The van der Waals surface area contributed by atoms with Gasteiger partial charge in [0.15, 0.2) is 5.88 Å². The van der Waals surface area contributed by atoms with Crippen molar-refractivity contribution in [2.75, 3.05) is 23.8 Å². The number of aliphatic hydroxyl groups excluding tert-OH is 1. The Morgan fingerprint density at radius 1 is 1.08 bits per heavy atom. The van der Waals surface area contributed by atoms with Gasteiger partial charge in [0.1, 0.15) is 0 Å². The Morgan fingerprint density at radius 2 is 1.74 bits per heavy atom. The molecular formula is C27H35N5O5Y. The summed E-state index contributed by atoms with van der Waals surface area (Å²) in [5, 5.41) is 27.0. The summed E-state index contributed by atoms with van der Waals surface area (Å²) in [6.45, 7) is 10.1. The second-order valence-corrected chi connectivity index (χ2v) is 8.28. The van der Waals surface area contributed by atoms with Crippen LogP contribution in [0.25, 0.3) is 11.3 Å². The second kappa shape index (κ2) is 17.6. The van der Waals surface area contributed by atoms with Gasteiger partial charge in [0.25, 0.3) is 5.56 Å². The van der Waals surface area contributed by atoms with E-state index in [0.29, 0.717) is 23.9 Å². The van der Waals surface area contributed by atoms with Gasteiger partial charge in [0.2, 0.25) is 5.91 Å². The number of hydrogen-bond acceptors (Lipinski definition) is 8. The number of aliphatic hydroxyl groups is 1. The van der Waals surface area contributed by atoms with E-state index >= 15 is 0 Å². The number of benzene rings is 2. The number of nitrogens with zero attached hydrogens (tertiary/aromatic N) is 2. The van der Waals surface area contributed by atoms with E-state index in [1.54, 1.807) is 38.1 Å². The molecule has 1 heterocycles. The first-order valence-electron chi connectivity index (χ1n) is 11.9. The predicted octanol–water partition coefficient (Wildman–Crippen LogP) is 3.57. The average Bonchev–Trinajstić information content (AvgIpc) is 2.84. The second-order valence-electron chi connectivity index (χ2n) is 8.28. The molecule has 3 aromatic rings. The zero-order valence-electron chi connectivity index (χ0n) is 22.0. The van der Waals surface area contributed by atoms with Crippen LogP contribution in [0.5, 0.6) is 0 Å². The van der Waals surface area contributed by atoms with Crippen LogP contribution in [0.4, 0.5) is 11.4 Å². The fourth-order valence-corrected chi connectivity index (χ4v) is 3.16. The first-order valence-corrected chi connectivity index (χ1v) is 11.9. The quantitative estimate of drug-likeness (QED) is 0.167. The molecule has 0 aliphatic rings. The van der Waals surface area contributed by atoms with Crippen molar-refractivity contribution in [1.82, 2.24) is 15.3 Å². The molecule has 38 heavy (non-hydrogen) atoms. The van der Waals surface area contributed by atoms with Gasteiger partial charge in [-0.1, -0.05) is 24.3 Å². The molecule has 0 saturated carbocycles. The molecule has 0 aliphatic carbocycles. The van der Waals surface area contributed by atoms with Gasteiger partial charge in [0, 0.05) is 74.8 Å². The number of nitrogens with one attached hydrogen (secondary N) is 3. The van der Waals surface area contributed by atoms with Crippen LogP contribution in [0, 0.1) is 0 Å². The molecule has 0 atom stereocenters. The van der Waals surface area contributed by atoms with Crippen molar-refractivity contribution in [2.45, 2.75) is 39.8 Å². The molecule has 1 aromatic heterocycles. The third-order valence-electron chi connectivity index (χ3n) is 4.63. The summed E-state index contributed by atoms with van der Waals surface area (Å²) < 4.78 is 6.72. The molecule has 3 rings (SSSR count). The van der Waals surface area contributed by atoms with E-state index in [1.807, 2.05) is 42.7 Å². The van der Waals surface area contributed by atoms with Crippen LogP contribution < -0.4 is 21.7 Å². The van der Waals surface area contributed by atoms with Crippen LogP contribution in [-0.2, 0) is 48.8 Å². The van der Waals surface area contributed by atoms with Gasteiger partial charge in [-0.25, -0.2) is 10.2 Å². The third kappa shape index (κ3) is 12.1. The smallest absolute Gasteiger partial charge is 0.267 e. The number of ether oxygens (including phenoxy) is 1. The summed E-state index contributed by atoms with van der Waals surface area (Å²) in [4.78, 5) is 24.3. The van der Waals surface area contributed by atoms with Crippen molar-refractivity contribution in [1.29, 1.82) is 0 Å². The minimum atomic E-state index is -0.230. The monoisotopic (exact) mass is 598 g/mol. The summed E-state index contributed by atoms with van der Waals surface area (Å²) in [6.07, 6.45) is -0.0320. The Morgan fingerprint density at radius 3 is 2.39 bits per heavy atom. The van der Waals surface area contributed by atoms with Gasteiger partial charge < -0.3 is 25.7 Å². The van der Waals surface area contributed by atoms with Gasteiger partial charge >= 0.3 is 0 Å². The minimum absolute atomic E-state index is 0. The molecule has 0 aliphatic heterocycles. The summed E-state index contributed by atoms with van der Waals surface area (Å²) >= 11 is 0. The molecule has 0 saturated heterocycles. The largest absolute Gasteiger partial charge is 0.480 e. The Labute approximate surface area is 248 Å². The van der Waals surface area contributed by atoms with Crippen molar-refractivity contribution in [2.24, 2.45) is 0 Å². The van der Waals surface area contributed by atoms with Gasteiger partial charge in [-0.05, 0) is 63.2 Å². The number of hydroxylamine groups is 1. The molecule has 5 N–H and O–H groups in total. The predicted molar refractivity (Wildman–Crippen MR) is 144 cm³/mol. The molecule has 201 valence electrons. The molecule has 0 spiro atoms. The van der Waals surface area contributed by atoms with Gasteiger partial charge in [-0.2, -0.15) is 5.10 Å². The zero-order valence-corrected chi connectivity index (χ0v) is 24.8. The van der Waals surface area contributed by atoms with E-state index in [1.165, 1.54) is 10.7 Å². The average molecular weight is 599 g/mol. The number of rotatable bonds is 11. The standard InChI is InChI=1S/C24H27N5O4.C3H8O.Y/c1-3-33-17(2)26-20-8-4-6-18(14-20)16-29-24(31)11-10-22(28-29)19-7-5-9-21(15-19)27-23(30)12-13-25-32;1-3(2)4;/h4-11,14-15,25-26,32H,2-3,12-13,16H2,1H3,(H,27,30);3-4H,1-2H3;. The van der Waals surface area contributed by atoms with E-state index in [2.05, 4.69) is 22.3 Å². The van der Waals surface area contributed by atoms with Crippen molar-refractivity contribution >= 4 is 17.3 Å². The third-order valence-corrected chi connectivity index (χ3v) is 4.63. The Bertz CT molecular complexity index is 1230. The minimum Gasteiger partial charge on any atom is -0.480 e. The number of amides is 1. The number of aromatic nitrogens is 2. The van der Waals surface area contributed by atoms with Crippen molar-refractivity contribution in [3.8, 4) is 11.3 Å². The normalized spacial score (nSPS) is 10.1. The number of carbonyl (C=O) groups excluding carboxylic acids is 1. The summed E-state index contributed by atoms with van der Waals surface area (Å²) in [6, 6.07) is 17.9. The van der Waals surface area contributed by atoms with E-state index in [9.17, 15) is 9.59 Å². The first-order chi connectivity index (χ1) is 17.7. The van der Waals surface area contributed by atoms with E-state index in [0.717, 1.165) is 16.8 Å². The molecule has 0 bridgehead atoms. The SMILES string of the molecule is C=C(Nc1cccc(Cn2nc(-c3cccc(NC(=O)CCNO)c3)ccc2=O)c1)OCC.CC(C)O.[Y]. The molecule has 2 aromatic carbocycles. The van der Waals surface area contributed by atoms with Crippen molar-refractivity contribution in [3.63, 3.8) is 0 Å². The summed E-state index contributed by atoms with van der Waals surface area (Å²) in [5.41, 5.74) is 5.37. The Balaban J connectivity index is 0.00000135. The molecule has 10 nitrogen and oxygen atoms in total. The summed E-state index contributed by atoms with van der Waals surface area (Å²) in [5.74, 6) is 0.221. The van der Waals surface area contributed by atoms with Crippen LogP contribution in [0.2, 0.25) is 0 Å². The van der Waals surface area contributed by atoms with Crippen molar-refractivity contribution < 1.29 is 52.6 Å². The van der Waals surface area contributed by atoms with Gasteiger partial charge in [-0.15, -0.1) is 0 Å². The fourth-order valence-electron chi connectivity index (χ4n) is 3.16. The van der Waals surface area contributed by atoms with Gasteiger partial charge in [0.05, 0.1) is 18.8 Å². The first kappa shape index (κ1) is 33.1. The van der Waals surface area contributed by atoms with Crippen LogP contribution in [-0.4, -0.2) is 45.3 Å². The Hall–Kier alpha value is -2.89. The molecule has 0 unspecified atom stereocenters. The van der Waals surface area contributed by atoms with Crippen LogP contribution >= 0.6 is 0 Å². The molecule has 1 radical (unpaired) electrons. The van der Waals surface area contributed by atoms with E-state index in [4.69, 9.17) is 15.1 Å². The summed E-state index contributed by atoms with van der Waals surface area (Å²) in [7, 11) is 0. The van der Waals surface area contributed by atoms with Crippen LogP contribution in [0.1, 0.15) is 32.8 Å². The maximum atomic E-state index is 12.4. The number of carbonyl (C=O) groups is 1. The van der Waals surface area contributed by atoms with Crippen molar-refractivity contribution in [3.05, 3.63) is 89.0 Å².